The van der Waals surface area contributed by atoms with Crippen molar-refractivity contribution < 1.29 is 0 Å². The van der Waals surface area contributed by atoms with Gasteiger partial charge in [-0.2, -0.15) is 0 Å². The molecule has 0 heterocycles. The first kappa shape index (κ1) is 22.1. The third-order valence-electron chi connectivity index (χ3n) is 7.10. The average molecular weight is 419 g/mol. The van der Waals surface area contributed by atoms with Crippen LogP contribution in [0.1, 0.15) is 58.4 Å². The molecule has 0 aliphatic rings. The minimum atomic E-state index is -0.0410. The molecule has 0 fully saturated rings. The van der Waals surface area contributed by atoms with Crippen LogP contribution in [0.3, 0.4) is 0 Å². The molecule has 4 aromatic rings. The second-order valence-electron chi connectivity index (χ2n) is 9.79. The van der Waals surface area contributed by atoms with Crippen molar-refractivity contribution in [2.75, 3.05) is 0 Å². The van der Waals surface area contributed by atoms with Crippen LogP contribution in [0.5, 0.6) is 0 Å². The number of aryl methyl sites for hydroxylation is 4. The number of benzene rings is 4. The third kappa shape index (κ3) is 4.55. The van der Waals surface area contributed by atoms with Gasteiger partial charge in [0, 0.05) is 5.41 Å². The summed E-state index contributed by atoms with van der Waals surface area (Å²) in [4.78, 5) is 0. The van der Waals surface area contributed by atoms with E-state index in [1.807, 2.05) is 0 Å². The molecule has 0 bridgehead atoms. The summed E-state index contributed by atoms with van der Waals surface area (Å²) < 4.78 is 0. The number of hydrogen-bond donors (Lipinski definition) is 0. The Morgan fingerprint density at radius 2 is 0.938 bits per heavy atom. The Labute approximate surface area is 194 Å². The van der Waals surface area contributed by atoms with Gasteiger partial charge in [0.15, 0.2) is 0 Å². The molecule has 4 aromatic carbocycles. The van der Waals surface area contributed by atoms with Gasteiger partial charge in [0.05, 0.1) is 0 Å². The molecule has 4 rings (SSSR count). The fraction of sp³-hybridized carbons (Fsp3) is 0.250. The van der Waals surface area contributed by atoms with Gasteiger partial charge in [0.1, 0.15) is 0 Å². The zero-order chi connectivity index (χ0) is 22.9. The summed E-state index contributed by atoms with van der Waals surface area (Å²) in [5, 5.41) is 0. The first-order chi connectivity index (χ1) is 15.2. The predicted octanol–water partition coefficient (Wildman–Crippen LogP) is 8.50. The van der Waals surface area contributed by atoms with E-state index in [2.05, 4.69) is 126 Å². The van der Waals surface area contributed by atoms with E-state index >= 15 is 0 Å². The zero-order valence-corrected chi connectivity index (χ0v) is 20.3. The molecule has 0 saturated carbocycles. The Kier molecular flexibility index (Phi) is 6.07. The van der Waals surface area contributed by atoms with Crippen molar-refractivity contribution in [1.82, 2.24) is 0 Å². The second-order valence-corrected chi connectivity index (χ2v) is 9.79. The minimum Gasteiger partial charge on any atom is -0.0588 e. The lowest BCUT2D eigenvalue weighted by Crippen LogP contribution is -2.18. The van der Waals surface area contributed by atoms with Crippen molar-refractivity contribution >= 4 is 0 Å². The number of rotatable bonds is 5. The highest BCUT2D eigenvalue weighted by Crippen LogP contribution is 2.33. The molecule has 0 unspecified atom stereocenters. The normalized spacial score (nSPS) is 11.6. The van der Waals surface area contributed by atoms with Crippen LogP contribution in [0.2, 0.25) is 0 Å². The zero-order valence-electron chi connectivity index (χ0n) is 20.3. The molecule has 0 aliphatic carbocycles. The fourth-order valence-electron chi connectivity index (χ4n) is 4.36. The molecule has 0 amide bonds. The molecule has 0 heteroatoms. The standard InChI is InChI=1S/C32H34/c1-22-7-9-27(19-24(22)3)21-26-10-15-30(16-11-26)32(5,6)31-17-13-28(14-18-31)29-12-8-23(2)25(4)20-29/h7-20H,21H2,1-6H3. The Morgan fingerprint density at radius 3 is 1.50 bits per heavy atom. The van der Waals surface area contributed by atoms with Gasteiger partial charge in [-0.25, -0.2) is 0 Å². The molecule has 0 aliphatic heterocycles. The van der Waals surface area contributed by atoms with E-state index in [4.69, 9.17) is 0 Å². The van der Waals surface area contributed by atoms with Crippen LogP contribution in [0.15, 0.2) is 84.9 Å². The van der Waals surface area contributed by atoms with Gasteiger partial charge in [0.25, 0.3) is 0 Å². The molecule has 0 N–H and O–H groups in total. The summed E-state index contributed by atoms with van der Waals surface area (Å²) >= 11 is 0. The van der Waals surface area contributed by atoms with Crippen LogP contribution >= 0.6 is 0 Å². The van der Waals surface area contributed by atoms with Crippen molar-refractivity contribution in [2.24, 2.45) is 0 Å². The van der Waals surface area contributed by atoms with E-state index in [0.717, 1.165) is 6.42 Å². The quantitative estimate of drug-likeness (QED) is 0.305. The topological polar surface area (TPSA) is 0 Å². The highest BCUT2D eigenvalue weighted by atomic mass is 14.3. The van der Waals surface area contributed by atoms with E-state index in [-0.39, 0.29) is 5.41 Å². The Bertz CT molecular complexity index is 1220. The van der Waals surface area contributed by atoms with Gasteiger partial charge >= 0.3 is 0 Å². The predicted molar refractivity (Wildman–Crippen MR) is 139 cm³/mol. The van der Waals surface area contributed by atoms with Crippen LogP contribution in [0.25, 0.3) is 11.1 Å². The van der Waals surface area contributed by atoms with Crippen LogP contribution in [0, 0.1) is 27.7 Å². The molecule has 0 aromatic heterocycles. The summed E-state index contributed by atoms with van der Waals surface area (Å²) in [7, 11) is 0. The maximum absolute atomic E-state index is 2.32. The number of hydrogen-bond acceptors (Lipinski definition) is 0. The van der Waals surface area contributed by atoms with Gasteiger partial charge in [-0.1, -0.05) is 98.8 Å². The van der Waals surface area contributed by atoms with Gasteiger partial charge in [-0.3, -0.25) is 0 Å². The molecular weight excluding hydrogens is 384 g/mol. The third-order valence-corrected chi connectivity index (χ3v) is 7.10. The van der Waals surface area contributed by atoms with Gasteiger partial charge in [0.2, 0.25) is 0 Å². The smallest absolute Gasteiger partial charge is 0.0146 e. The second kappa shape index (κ2) is 8.79. The molecule has 32 heavy (non-hydrogen) atoms. The molecule has 0 nitrogen and oxygen atoms in total. The Morgan fingerprint density at radius 1 is 0.469 bits per heavy atom. The summed E-state index contributed by atoms with van der Waals surface area (Å²) in [5.41, 5.74) is 13.3. The lowest BCUT2D eigenvalue weighted by atomic mass is 9.77. The van der Waals surface area contributed by atoms with Gasteiger partial charge < -0.3 is 0 Å². The van der Waals surface area contributed by atoms with Crippen LogP contribution in [0.4, 0.5) is 0 Å². The molecular formula is C32H34. The SMILES string of the molecule is Cc1ccc(Cc2ccc(C(C)(C)c3ccc(-c4ccc(C)c(C)c4)cc3)cc2)cc1C. The monoisotopic (exact) mass is 418 g/mol. The maximum Gasteiger partial charge on any atom is 0.0146 e. The highest BCUT2D eigenvalue weighted by Gasteiger charge is 2.23. The maximum atomic E-state index is 2.32. The van der Waals surface area contributed by atoms with Crippen molar-refractivity contribution in [2.45, 2.75) is 53.4 Å². The summed E-state index contributed by atoms with van der Waals surface area (Å²) in [5.74, 6) is 0. The lowest BCUT2D eigenvalue weighted by molar-refractivity contribution is 0.640. The highest BCUT2D eigenvalue weighted by molar-refractivity contribution is 5.65. The van der Waals surface area contributed by atoms with Crippen molar-refractivity contribution in [3.05, 3.63) is 129 Å². The Balaban J connectivity index is 1.53. The molecule has 0 spiro atoms. The van der Waals surface area contributed by atoms with Crippen molar-refractivity contribution in [3.63, 3.8) is 0 Å². The van der Waals surface area contributed by atoms with Crippen LogP contribution < -0.4 is 0 Å². The van der Waals surface area contributed by atoms with E-state index < -0.39 is 0 Å². The van der Waals surface area contributed by atoms with Crippen LogP contribution in [-0.2, 0) is 11.8 Å². The summed E-state index contributed by atoms with van der Waals surface area (Å²) in [6.07, 6.45) is 0.979. The largest absolute Gasteiger partial charge is 0.0588 e. The van der Waals surface area contributed by atoms with E-state index in [1.165, 1.54) is 55.6 Å². The summed E-state index contributed by atoms with van der Waals surface area (Å²) in [6, 6.07) is 31.8. The van der Waals surface area contributed by atoms with Gasteiger partial charge in [-0.05, 0) is 89.8 Å². The fourth-order valence-corrected chi connectivity index (χ4v) is 4.36. The molecule has 162 valence electrons. The van der Waals surface area contributed by atoms with E-state index in [9.17, 15) is 0 Å². The Hall–Kier alpha value is -3.12. The van der Waals surface area contributed by atoms with Crippen molar-refractivity contribution in [1.29, 1.82) is 0 Å². The van der Waals surface area contributed by atoms with E-state index in [1.54, 1.807) is 0 Å². The van der Waals surface area contributed by atoms with Gasteiger partial charge in [-0.15, -0.1) is 0 Å². The molecule has 0 atom stereocenters. The summed E-state index contributed by atoms with van der Waals surface area (Å²) in [6.45, 7) is 13.3. The van der Waals surface area contributed by atoms with Crippen molar-refractivity contribution in [3.8, 4) is 11.1 Å². The molecule has 0 radical (unpaired) electrons. The van der Waals surface area contributed by atoms with E-state index in [0.29, 0.717) is 0 Å². The lowest BCUT2D eigenvalue weighted by Gasteiger charge is -2.26. The minimum absolute atomic E-state index is 0.0410. The first-order valence-corrected chi connectivity index (χ1v) is 11.6. The average Bonchev–Trinajstić information content (AvgIpc) is 2.79. The first-order valence-electron chi connectivity index (χ1n) is 11.6. The molecule has 0 saturated heterocycles. The van der Waals surface area contributed by atoms with Crippen LogP contribution in [-0.4, -0.2) is 0 Å².